The van der Waals surface area contributed by atoms with Crippen LogP contribution in [0.1, 0.15) is 50.2 Å². The van der Waals surface area contributed by atoms with Crippen molar-refractivity contribution in [3.8, 4) is 0 Å². The number of rotatable bonds is 9. The maximum absolute atomic E-state index is 12.4. The van der Waals surface area contributed by atoms with Crippen molar-refractivity contribution in [1.29, 1.82) is 0 Å². The Morgan fingerprint density at radius 1 is 1.24 bits per heavy atom. The van der Waals surface area contributed by atoms with E-state index in [2.05, 4.69) is 17.0 Å². The topological polar surface area (TPSA) is 58.2 Å². The van der Waals surface area contributed by atoms with Crippen molar-refractivity contribution in [2.75, 3.05) is 6.54 Å². The molecule has 2 N–H and O–H groups in total. The SMILES string of the molecule is CCCCCNS(=O)(=O)c1cccc(CNC2CC2)c1C. The van der Waals surface area contributed by atoms with E-state index in [-0.39, 0.29) is 0 Å². The molecular weight excluding hydrogens is 284 g/mol. The molecule has 1 aliphatic carbocycles. The van der Waals surface area contributed by atoms with Gasteiger partial charge in [0.25, 0.3) is 0 Å². The fraction of sp³-hybridized carbons (Fsp3) is 0.625. The van der Waals surface area contributed by atoms with Gasteiger partial charge in [-0.2, -0.15) is 0 Å². The van der Waals surface area contributed by atoms with Gasteiger partial charge in [-0.15, -0.1) is 0 Å². The highest BCUT2D eigenvalue weighted by atomic mass is 32.2. The minimum Gasteiger partial charge on any atom is -0.310 e. The molecule has 118 valence electrons. The van der Waals surface area contributed by atoms with Crippen LogP contribution >= 0.6 is 0 Å². The lowest BCUT2D eigenvalue weighted by atomic mass is 10.1. The van der Waals surface area contributed by atoms with Crippen LogP contribution in [-0.2, 0) is 16.6 Å². The van der Waals surface area contributed by atoms with E-state index in [1.807, 2.05) is 19.1 Å². The lowest BCUT2D eigenvalue weighted by Crippen LogP contribution is -2.26. The highest BCUT2D eigenvalue weighted by Gasteiger charge is 2.22. The zero-order valence-corrected chi connectivity index (χ0v) is 13.8. The van der Waals surface area contributed by atoms with E-state index in [9.17, 15) is 8.42 Å². The molecule has 1 aromatic rings. The van der Waals surface area contributed by atoms with Gasteiger partial charge in [-0.05, 0) is 43.4 Å². The van der Waals surface area contributed by atoms with Crippen molar-refractivity contribution in [2.24, 2.45) is 0 Å². The molecule has 0 radical (unpaired) electrons. The van der Waals surface area contributed by atoms with Crippen molar-refractivity contribution < 1.29 is 8.42 Å². The summed E-state index contributed by atoms with van der Waals surface area (Å²) in [6, 6.07) is 6.15. The van der Waals surface area contributed by atoms with Crippen molar-refractivity contribution >= 4 is 10.0 Å². The predicted molar refractivity (Wildman–Crippen MR) is 85.8 cm³/mol. The average Bonchev–Trinajstić information content (AvgIpc) is 3.26. The lowest BCUT2D eigenvalue weighted by molar-refractivity contribution is 0.575. The minimum atomic E-state index is -3.39. The molecule has 0 unspecified atom stereocenters. The zero-order chi connectivity index (χ0) is 15.3. The lowest BCUT2D eigenvalue weighted by Gasteiger charge is -2.13. The molecule has 1 fully saturated rings. The van der Waals surface area contributed by atoms with Gasteiger partial charge in [0.15, 0.2) is 0 Å². The van der Waals surface area contributed by atoms with Crippen LogP contribution in [0.4, 0.5) is 0 Å². The molecule has 0 aliphatic heterocycles. The Kier molecular flexibility index (Phi) is 5.79. The quantitative estimate of drug-likeness (QED) is 0.690. The normalized spacial score (nSPS) is 15.3. The summed E-state index contributed by atoms with van der Waals surface area (Å²) in [5.41, 5.74) is 1.92. The molecule has 21 heavy (non-hydrogen) atoms. The molecule has 4 nitrogen and oxygen atoms in total. The molecule has 0 saturated heterocycles. The molecule has 1 saturated carbocycles. The maximum Gasteiger partial charge on any atom is 0.240 e. The molecule has 0 spiro atoms. The van der Waals surface area contributed by atoms with Gasteiger partial charge in [0, 0.05) is 19.1 Å². The van der Waals surface area contributed by atoms with Crippen molar-refractivity contribution in [3.63, 3.8) is 0 Å². The van der Waals surface area contributed by atoms with Gasteiger partial charge in [-0.1, -0.05) is 31.9 Å². The van der Waals surface area contributed by atoms with Crippen LogP contribution in [0.15, 0.2) is 23.1 Å². The van der Waals surface area contributed by atoms with E-state index in [1.54, 1.807) is 6.07 Å². The van der Waals surface area contributed by atoms with E-state index in [4.69, 9.17) is 0 Å². The summed E-state index contributed by atoms with van der Waals surface area (Å²) in [4.78, 5) is 0.411. The summed E-state index contributed by atoms with van der Waals surface area (Å²) in [7, 11) is -3.39. The van der Waals surface area contributed by atoms with E-state index in [0.717, 1.165) is 36.9 Å². The van der Waals surface area contributed by atoms with Crippen LogP contribution in [-0.4, -0.2) is 21.0 Å². The molecule has 0 bridgehead atoms. The van der Waals surface area contributed by atoms with Gasteiger partial charge < -0.3 is 5.32 Å². The molecule has 0 heterocycles. The smallest absolute Gasteiger partial charge is 0.240 e. The highest BCUT2D eigenvalue weighted by Crippen LogP contribution is 2.22. The number of hydrogen-bond acceptors (Lipinski definition) is 3. The molecule has 0 aromatic heterocycles. The van der Waals surface area contributed by atoms with E-state index in [1.165, 1.54) is 12.8 Å². The minimum absolute atomic E-state index is 0.411. The van der Waals surface area contributed by atoms with E-state index in [0.29, 0.717) is 17.5 Å². The highest BCUT2D eigenvalue weighted by molar-refractivity contribution is 7.89. The Morgan fingerprint density at radius 2 is 2.00 bits per heavy atom. The molecule has 0 atom stereocenters. The number of hydrogen-bond donors (Lipinski definition) is 2. The molecule has 5 heteroatoms. The monoisotopic (exact) mass is 310 g/mol. The average molecular weight is 310 g/mol. The van der Waals surface area contributed by atoms with Gasteiger partial charge in [0.05, 0.1) is 4.90 Å². The number of sulfonamides is 1. The molecular formula is C16H26N2O2S. The van der Waals surface area contributed by atoms with E-state index < -0.39 is 10.0 Å². The van der Waals surface area contributed by atoms with Crippen LogP contribution in [0.5, 0.6) is 0 Å². The Labute approximate surface area is 128 Å². The van der Waals surface area contributed by atoms with Crippen molar-refractivity contribution in [1.82, 2.24) is 10.0 Å². The van der Waals surface area contributed by atoms with E-state index >= 15 is 0 Å². The molecule has 1 aromatic carbocycles. The summed E-state index contributed by atoms with van der Waals surface area (Å²) < 4.78 is 27.5. The summed E-state index contributed by atoms with van der Waals surface area (Å²) in [5.74, 6) is 0. The summed E-state index contributed by atoms with van der Waals surface area (Å²) in [6.07, 6.45) is 5.49. The van der Waals surface area contributed by atoms with Gasteiger partial charge in [0.2, 0.25) is 10.0 Å². The first-order valence-corrected chi connectivity index (χ1v) is 9.34. The standard InChI is InChI=1S/C16H26N2O2S/c1-3-4-5-11-18-21(19,20)16-8-6-7-14(13(16)2)12-17-15-9-10-15/h6-8,15,17-18H,3-5,9-12H2,1-2H3. The number of unbranched alkanes of at least 4 members (excludes halogenated alkanes) is 2. The third kappa shape index (κ3) is 4.80. The van der Waals surface area contributed by atoms with Crippen molar-refractivity contribution in [3.05, 3.63) is 29.3 Å². The Hall–Kier alpha value is -0.910. The fourth-order valence-corrected chi connectivity index (χ4v) is 3.70. The number of nitrogens with one attached hydrogen (secondary N) is 2. The largest absolute Gasteiger partial charge is 0.310 e. The maximum atomic E-state index is 12.4. The van der Waals surface area contributed by atoms with Crippen molar-refractivity contribution in [2.45, 2.75) is 63.4 Å². The van der Waals surface area contributed by atoms with Gasteiger partial charge in [-0.25, -0.2) is 13.1 Å². The molecule has 2 rings (SSSR count). The third-order valence-corrected chi connectivity index (χ3v) is 5.52. The summed E-state index contributed by atoms with van der Waals surface area (Å²) in [6.45, 7) is 5.26. The Balaban J connectivity index is 2.04. The fourth-order valence-electron chi connectivity index (χ4n) is 2.34. The first-order valence-electron chi connectivity index (χ1n) is 7.86. The second-order valence-corrected chi connectivity index (χ2v) is 7.54. The first-order chi connectivity index (χ1) is 10.0. The van der Waals surface area contributed by atoms with Gasteiger partial charge >= 0.3 is 0 Å². The van der Waals surface area contributed by atoms with Crippen LogP contribution < -0.4 is 10.0 Å². The Bertz CT molecular complexity index is 566. The van der Waals surface area contributed by atoms with Gasteiger partial charge in [0.1, 0.15) is 0 Å². The molecule has 1 aliphatic rings. The summed E-state index contributed by atoms with van der Waals surface area (Å²) >= 11 is 0. The van der Waals surface area contributed by atoms with Gasteiger partial charge in [-0.3, -0.25) is 0 Å². The predicted octanol–water partition coefficient (Wildman–Crippen LogP) is 2.72. The third-order valence-electron chi connectivity index (χ3n) is 3.92. The van der Waals surface area contributed by atoms with Crippen LogP contribution in [0, 0.1) is 6.92 Å². The Morgan fingerprint density at radius 3 is 2.67 bits per heavy atom. The second kappa shape index (κ2) is 7.38. The number of benzene rings is 1. The second-order valence-electron chi connectivity index (χ2n) is 5.80. The summed E-state index contributed by atoms with van der Waals surface area (Å²) in [5, 5.41) is 3.44. The molecule has 0 amide bonds. The first kappa shape index (κ1) is 16.5. The van der Waals surface area contributed by atoms with Crippen LogP contribution in [0.2, 0.25) is 0 Å². The zero-order valence-electron chi connectivity index (χ0n) is 13.0. The van der Waals surface area contributed by atoms with Crippen LogP contribution in [0.25, 0.3) is 0 Å². The van der Waals surface area contributed by atoms with Crippen LogP contribution in [0.3, 0.4) is 0 Å².